The molecule has 0 saturated heterocycles. The molecule has 1 rings (SSSR count). The van der Waals surface area contributed by atoms with Gasteiger partial charge in [0, 0.05) is 5.69 Å². The lowest BCUT2D eigenvalue weighted by Gasteiger charge is -2.12. The van der Waals surface area contributed by atoms with Gasteiger partial charge in [-0.15, -0.1) is 0 Å². The highest BCUT2D eigenvalue weighted by Crippen LogP contribution is 2.16. The number of carbonyl (C=O) groups is 1. The van der Waals surface area contributed by atoms with Crippen molar-refractivity contribution >= 4 is 21.4 Å². The second-order valence-electron chi connectivity index (χ2n) is 5.44. The van der Waals surface area contributed by atoms with Gasteiger partial charge in [-0.1, -0.05) is 25.5 Å². The molecule has 0 radical (unpaired) electrons. The number of hydrogen-bond acceptors (Lipinski definition) is 4. The fourth-order valence-corrected chi connectivity index (χ4v) is 2.79. The Labute approximate surface area is 126 Å². The van der Waals surface area contributed by atoms with E-state index in [9.17, 15) is 13.2 Å². The molecule has 0 aliphatic heterocycles. The van der Waals surface area contributed by atoms with Gasteiger partial charge in [0.2, 0.25) is 5.91 Å². The average molecular weight is 312 g/mol. The van der Waals surface area contributed by atoms with Gasteiger partial charge in [-0.25, -0.2) is 8.42 Å². The zero-order valence-corrected chi connectivity index (χ0v) is 13.6. The van der Waals surface area contributed by atoms with Crippen molar-refractivity contribution in [1.82, 2.24) is 0 Å². The smallest absolute Gasteiger partial charge is 0.241 e. The summed E-state index contributed by atoms with van der Waals surface area (Å²) in [7, 11) is -3.16. The van der Waals surface area contributed by atoms with Gasteiger partial charge in [-0.3, -0.25) is 4.79 Å². The van der Waals surface area contributed by atoms with Gasteiger partial charge in [-0.2, -0.15) is 0 Å². The second-order valence-corrected chi connectivity index (χ2v) is 8.00. The standard InChI is InChI=1S/C15H24N2O3S/c1-4-6-14(16)15(18)17-13-8-5-7-12(9-13)10-21(19,20)11(2)3/h5,7-9,11,14H,4,6,10,16H2,1-3H3,(H,17,18). The first-order valence-electron chi connectivity index (χ1n) is 7.13. The highest BCUT2D eigenvalue weighted by atomic mass is 32.2. The Morgan fingerprint density at radius 2 is 2.00 bits per heavy atom. The largest absolute Gasteiger partial charge is 0.325 e. The molecule has 6 heteroatoms. The third kappa shape index (κ3) is 5.47. The van der Waals surface area contributed by atoms with Crippen molar-refractivity contribution in [3.05, 3.63) is 29.8 Å². The molecule has 0 aliphatic carbocycles. The van der Waals surface area contributed by atoms with Crippen LogP contribution in [0.4, 0.5) is 5.69 Å². The fourth-order valence-electron chi connectivity index (χ4n) is 1.81. The molecule has 1 aromatic carbocycles. The molecule has 0 aliphatic rings. The van der Waals surface area contributed by atoms with Crippen LogP contribution in [0, 0.1) is 0 Å². The third-order valence-electron chi connectivity index (χ3n) is 3.22. The molecule has 3 N–H and O–H groups in total. The number of amides is 1. The first-order chi connectivity index (χ1) is 9.76. The van der Waals surface area contributed by atoms with Crippen molar-refractivity contribution in [2.24, 2.45) is 5.73 Å². The Hall–Kier alpha value is -1.40. The Balaban J connectivity index is 2.80. The number of nitrogens with two attached hydrogens (primary N) is 1. The van der Waals surface area contributed by atoms with Crippen LogP contribution in [0.3, 0.4) is 0 Å². The SMILES string of the molecule is CCCC(N)C(=O)Nc1cccc(CS(=O)(=O)C(C)C)c1. The van der Waals surface area contributed by atoms with Crippen LogP contribution in [0.5, 0.6) is 0 Å². The summed E-state index contributed by atoms with van der Waals surface area (Å²) in [6.45, 7) is 5.28. The van der Waals surface area contributed by atoms with Crippen LogP contribution in [-0.2, 0) is 20.4 Å². The van der Waals surface area contributed by atoms with Crippen LogP contribution in [0.2, 0.25) is 0 Å². The van der Waals surface area contributed by atoms with Crippen molar-refractivity contribution < 1.29 is 13.2 Å². The van der Waals surface area contributed by atoms with Gasteiger partial charge >= 0.3 is 0 Å². The Kier molecular flexibility index (Phi) is 6.36. The van der Waals surface area contributed by atoms with Crippen molar-refractivity contribution in [3.63, 3.8) is 0 Å². The first-order valence-corrected chi connectivity index (χ1v) is 8.84. The molecule has 1 aromatic rings. The van der Waals surface area contributed by atoms with E-state index in [4.69, 9.17) is 5.73 Å². The predicted octanol–water partition coefficient (Wildman–Crippen LogP) is 2.08. The maximum Gasteiger partial charge on any atom is 0.241 e. The zero-order chi connectivity index (χ0) is 16.0. The number of hydrogen-bond donors (Lipinski definition) is 2. The van der Waals surface area contributed by atoms with E-state index in [1.807, 2.05) is 6.92 Å². The molecule has 0 spiro atoms. The second kappa shape index (κ2) is 7.56. The summed E-state index contributed by atoms with van der Waals surface area (Å²) in [4.78, 5) is 11.9. The van der Waals surface area contributed by atoms with E-state index in [0.717, 1.165) is 6.42 Å². The average Bonchev–Trinajstić information content (AvgIpc) is 2.38. The van der Waals surface area contributed by atoms with Gasteiger partial charge in [0.25, 0.3) is 0 Å². The van der Waals surface area contributed by atoms with Crippen molar-refractivity contribution in [2.45, 2.75) is 50.7 Å². The van der Waals surface area contributed by atoms with E-state index in [-0.39, 0.29) is 11.7 Å². The predicted molar refractivity (Wildman–Crippen MR) is 85.7 cm³/mol. The summed E-state index contributed by atoms with van der Waals surface area (Å²) in [5, 5.41) is 2.30. The number of carbonyl (C=O) groups excluding carboxylic acids is 1. The minimum atomic E-state index is -3.16. The molecule has 0 bridgehead atoms. The summed E-state index contributed by atoms with van der Waals surface area (Å²) in [6.07, 6.45) is 1.45. The quantitative estimate of drug-likeness (QED) is 0.806. The summed E-state index contributed by atoms with van der Waals surface area (Å²) in [5.74, 6) is -0.282. The first kappa shape index (κ1) is 17.7. The molecule has 1 amide bonds. The molecular formula is C15H24N2O3S. The van der Waals surface area contributed by atoms with Crippen LogP contribution >= 0.6 is 0 Å². The third-order valence-corrected chi connectivity index (χ3v) is 5.39. The normalized spacial score (nSPS) is 13.2. The van der Waals surface area contributed by atoms with E-state index in [1.54, 1.807) is 38.1 Å². The number of sulfone groups is 1. The van der Waals surface area contributed by atoms with Crippen LogP contribution in [0.25, 0.3) is 0 Å². The number of rotatable bonds is 7. The summed E-state index contributed by atoms with van der Waals surface area (Å²) in [6, 6.07) is 6.32. The highest BCUT2D eigenvalue weighted by Gasteiger charge is 2.17. The lowest BCUT2D eigenvalue weighted by Crippen LogP contribution is -2.35. The van der Waals surface area contributed by atoms with Gasteiger partial charge in [0.05, 0.1) is 17.0 Å². The summed E-state index contributed by atoms with van der Waals surface area (Å²) < 4.78 is 23.8. The number of benzene rings is 1. The molecule has 0 fully saturated rings. The topological polar surface area (TPSA) is 89.3 Å². The minimum absolute atomic E-state index is 0.0324. The van der Waals surface area contributed by atoms with E-state index in [2.05, 4.69) is 5.32 Å². The van der Waals surface area contributed by atoms with Crippen molar-refractivity contribution in [1.29, 1.82) is 0 Å². The number of anilines is 1. The Morgan fingerprint density at radius 3 is 2.57 bits per heavy atom. The van der Waals surface area contributed by atoms with E-state index >= 15 is 0 Å². The fraction of sp³-hybridized carbons (Fsp3) is 0.533. The molecule has 0 heterocycles. The van der Waals surface area contributed by atoms with E-state index < -0.39 is 21.1 Å². The molecule has 5 nitrogen and oxygen atoms in total. The van der Waals surface area contributed by atoms with E-state index in [1.165, 1.54) is 0 Å². The van der Waals surface area contributed by atoms with Crippen LogP contribution in [-0.4, -0.2) is 25.6 Å². The maximum atomic E-state index is 11.9. The lowest BCUT2D eigenvalue weighted by molar-refractivity contribution is -0.117. The minimum Gasteiger partial charge on any atom is -0.325 e. The lowest BCUT2D eigenvalue weighted by atomic mass is 10.1. The summed E-state index contributed by atoms with van der Waals surface area (Å²) >= 11 is 0. The Bertz CT molecular complexity index is 582. The number of nitrogens with one attached hydrogen (secondary N) is 1. The van der Waals surface area contributed by atoms with E-state index in [0.29, 0.717) is 17.7 Å². The highest BCUT2D eigenvalue weighted by molar-refractivity contribution is 7.91. The van der Waals surface area contributed by atoms with Crippen LogP contribution < -0.4 is 11.1 Å². The van der Waals surface area contributed by atoms with Crippen molar-refractivity contribution in [2.75, 3.05) is 5.32 Å². The maximum absolute atomic E-state index is 11.9. The monoisotopic (exact) mass is 312 g/mol. The van der Waals surface area contributed by atoms with Crippen molar-refractivity contribution in [3.8, 4) is 0 Å². The van der Waals surface area contributed by atoms with Crippen LogP contribution in [0.1, 0.15) is 39.2 Å². The zero-order valence-electron chi connectivity index (χ0n) is 12.8. The van der Waals surface area contributed by atoms with Crippen LogP contribution in [0.15, 0.2) is 24.3 Å². The van der Waals surface area contributed by atoms with Gasteiger partial charge in [-0.05, 0) is 38.0 Å². The van der Waals surface area contributed by atoms with Gasteiger partial charge in [0.15, 0.2) is 9.84 Å². The summed E-state index contributed by atoms with van der Waals surface area (Å²) in [5.41, 5.74) is 6.98. The Morgan fingerprint density at radius 1 is 1.33 bits per heavy atom. The molecule has 21 heavy (non-hydrogen) atoms. The molecule has 1 unspecified atom stereocenters. The van der Waals surface area contributed by atoms with Gasteiger partial charge in [0.1, 0.15) is 0 Å². The molecule has 118 valence electrons. The molecule has 1 atom stereocenters. The molecule has 0 aromatic heterocycles. The van der Waals surface area contributed by atoms with Gasteiger partial charge < -0.3 is 11.1 Å². The molecular weight excluding hydrogens is 288 g/mol. The molecule has 0 saturated carbocycles.